The fourth-order valence-electron chi connectivity index (χ4n) is 7.53. The maximum Gasteiger partial charge on any atom is 0.251 e. The number of carbonyl (C=O) groups is 3. The lowest BCUT2D eigenvalue weighted by atomic mass is 9.67. The molecule has 1 aromatic heterocycles. The highest BCUT2D eigenvalue weighted by atomic mass is 16.2. The van der Waals surface area contributed by atoms with Gasteiger partial charge in [-0.25, -0.2) is 0 Å². The highest BCUT2D eigenvalue weighted by Gasteiger charge is 2.54. The summed E-state index contributed by atoms with van der Waals surface area (Å²) in [6.45, 7) is 7.02. The van der Waals surface area contributed by atoms with Gasteiger partial charge in [0, 0.05) is 36.3 Å². The fourth-order valence-corrected chi connectivity index (χ4v) is 7.53. The lowest BCUT2D eigenvalue weighted by Crippen LogP contribution is -2.47. The summed E-state index contributed by atoms with van der Waals surface area (Å²) in [5, 5.41) is 34.7. The Morgan fingerprint density at radius 2 is 1.63 bits per heavy atom. The molecule has 2 fully saturated rings. The number of aryl methyl sites for hydroxylation is 2. The molecule has 0 radical (unpaired) electrons. The molecular weight excluding hydrogens is 582 g/mol. The van der Waals surface area contributed by atoms with Gasteiger partial charge >= 0.3 is 0 Å². The number of nitriles is 1. The van der Waals surface area contributed by atoms with Crippen molar-refractivity contribution in [3.8, 4) is 6.07 Å². The Hall–Kier alpha value is -4.63. The number of rotatable bonds is 11. The van der Waals surface area contributed by atoms with Gasteiger partial charge in [0.1, 0.15) is 6.04 Å². The number of nitrogens with one attached hydrogen (secondary N) is 4. The van der Waals surface area contributed by atoms with E-state index >= 15 is 0 Å². The molecule has 1 saturated carbocycles. The van der Waals surface area contributed by atoms with Gasteiger partial charge in [0.2, 0.25) is 5.91 Å². The summed E-state index contributed by atoms with van der Waals surface area (Å²) in [5.41, 5.74) is 4.14. The number of carbonyl (C=O) groups excluding carboxylic acids is 3. The third-order valence-corrected chi connectivity index (χ3v) is 9.85. The quantitative estimate of drug-likeness (QED) is 0.252. The van der Waals surface area contributed by atoms with Crippen LogP contribution >= 0.6 is 0 Å². The first-order valence-corrected chi connectivity index (χ1v) is 16.4. The molecule has 3 aliphatic rings. The van der Waals surface area contributed by atoms with Crippen LogP contribution in [0.25, 0.3) is 0 Å². The lowest BCUT2D eigenvalue weighted by Gasteiger charge is -2.37. The van der Waals surface area contributed by atoms with Gasteiger partial charge in [-0.2, -0.15) is 10.5 Å². The van der Waals surface area contributed by atoms with Gasteiger partial charge in [0.25, 0.3) is 11.8 Å². The number of hydrogen-bond donors (Lipinski definition) is 4. The second-order valence-corrected chi connectivity index (χ2v) is 12.5. The fraction of sp³-hybridized carbons (Fsp3) is 0.500. The van der Waals surface area contributed by atoms with Crippen LogP contribution in [0.3, 0.4) is 0 Å². The zero-order chi connectivity index (χ0) is 32.4. The van der Waals surface area contributed by atoms with E-state index in [4.69, 9.17) is 0 Å². The van der Waals surface area contributed by atoms with Crippen LogP contribution in [0.15, 0.2) is 36.4 Å². The van der Waals surface area contributed by atoms with Crippen molar-refractivity contribution >= 4 is 17.7 Å². The Labute approximate surface area is 268 Å². The Morgan fingerprint density at radius 1 is 1.00 bits per heavy atom. The highest BCUT2D eigenvalue weighted by molar-refractivity contribution is 5.95. The zero-order valence-corrected chi connectivity index (χ0v) is 26.6. The molecule has 3 aromatic rings. The molecule has 1 aliphatic heterocycles. The van der Waals surface area contributed by atoms with E-state index in [1.807, 2.05) is 50.2 Å². The molecule has 0 bridgehead atoms. The number of likely N-dealkylation sites (tertiary alicyclic amines) is 1. The van der Waals surface area contributed by atoms with E-state index in [9.17, 15) is 19.6 Å². The molecule has 6 rings (SSSR count). The minimum absolute atomic E-state index is 0.0524. The molecule has 2 heterocycles. The molecule has 12 nitrogen and oxygen atoms in total. The predicted molar refractivity (Wildman–Crippen MR) is 170 cm³/mol. The minimum Gasteiger partial charge on any atom is -0.352 e. The zero-order valence-electron chi connectivity index (χ0n) is 26.6. The average molecular weight is 624 g/mol. The number of tetrazole rings is 1. The van der Waals surface area contributed by atoms with Crippen molar-refractivity contribution in [1.29, 1.82) is 5.26 Å². The number of piperidine rings is 1. The topological polar surface area (TPSA) is 169 Å². The van der Waals surface area contributed by atoms with Gasteiger partial charge in [-0.3, -0.25) is 14.4 Å². The average Bonchev–Trinajstić information content (AvgIpc) is 3.45. The van der Waals surface area contributed by atoms with Crippen LogP contribution in [0.1, 0.15) is 95.2 Å². The second kappa shape index (κ2) is 13.0. The number of H-pyrrole nitrogens is 1. The first-order valence-electron chi connectivity index (χ1n) is 16.4. The number of amides is 3. The van der Waals surface area contributed by atoms with E-state index in [-0.39, 0.29) is 42.4 Å². The number of fused-ring (bicyclic) bond motifs is 3. The smallest absolute Gasteiger partial charge is 0.251 e. The summed E-state index contributed by atoms with van der Waals surface area (Å²) in [4.78, 5) is 41.0. The molecule has 2 aliphatic carbocycles. The van der Waals surface area contributed by atoms with E-state index in [0.29, 0.717) is 61.6 Å². The van der Waals surface area contributed by atoms with Crippen molar-refractivity contribution in [2.75, 3.05) is 19.6 Å². The van der Waals surface area contributed by atoms with Crippen LogP contribution in [-0.2, 0) is 23.1 Å². The number of nitrogens with zero attached hydrogens (tertiary/aromatic N) is 5. The van der Waals surface area contributed by atoms with Crippen molar-refractivity contribution < 1.29 is 14.4 Å². The summed E-state index contributed by atoms with van der Waals surface area (Å²) >= 11 is 0. The van der Waals surface area contributed by atoms with Crippen LogP contribution < -0.4 is 16.0 Å². The van der Waals surface area contributed by atoms with Gasteiger partial charge in [-0.1, -0.05) is 24.3 Å². The number of aromatic amines is 1. The largest absolute Gasteiger partial charge is 0.352 e. The number of hydrogen-bond acceptors (Lipinski definition) is 8. The molecule has 2 aromatic carbocycles. The molecule has 0 spiro atoms. The molecule has 46 heavy (non-hydrogen) atoms. The van der Waals surface area contributed by atoms with E-state index in [0.717, 1.165) is 35.1 Å². The highest BCUT2D eigenvalue weighted by Crippen LogP contribution is 2.48. The minimum atomic E-state index is -0.908. The van der Waals surface area contributed by atoms with Crippen molar-refractivity contribution in [1.82, 2.24) is 41.5 Å². The van der Waals surface area contributed by atoms with Crippen molar-refractivity contribution in [3.05, 3.63) is 75.6 Å². The molecule has 12 heteroatoms. The van der Waals surface area contributed by atoms with Crippen molar-refractivity contribution in [2.45, 2.75) is 82.8 Å². The van der Waals surface area contributed by atoms with Crippen LogP contribution in [0.2, 0.25) is 0 Å². The maximum absolute atomic E-state index is 13.4. The van der Waals surface area contributed by atoms with E-state index in [2.05, 4.69) is 49.6 Å². The predicted octanol–water partition coefficient (Wildman–Crippen LogP) is 2.40. The summed E-state index contributed by atoms with van der Waals surface area (Å²) in [7, 11) is 0. The summed E-state index contributed by atoms with van der Waals surface area (Å²) in [5.74, 6) is 0.591. The van der Waals surface area contributed by atoms with Crippen molar-refractivity contribution in [2.24, 2.45) is 5.92 Å². The van der Waals surface area contributed by atoms with E-state index in [1.54, 1.807) is 4.90 Å². The Kier molecular flexibility index (Phi) is 8.86. The van der Waals surface area contributed by atoms with E-state index in [1.165, 1.54) is 0 Å². The van der Waals surface area contributed by atoms with Crippen molar-refractivity contribution in [3.63, 3.8) is 0 Å². The normalized spacial score (nSPS) is 21.2. The Morgan fingerprint density at radius 3 is 2.15 bits per heavy atom. The first kappa shape index (κ1) is 31.4. The molecule has 1 saturated heterocycles. The Balaban J connectivity index is 1.42. The molecule has 4 atom stereocenters. The third kappa shape index (κ3) is 5.64. The summed E-state index contributed by atoms with van der Waals surface area (Å²) < 4.78 is 0. The lowest BCUT2D eigenvalue weighted by molar-refractivity contribution is -0.131. The maximum atomic E-state index is 13.4. The van der Waals surface area contributed by atoms with Gasteiger partial charge in [0.05, 0.1) is 18.0 Å². The Bertz CT molecular complexity index is 1590. The van der Waals surface area contributed by atoms with Gasteiger partial charge < -0.3 is 20.9 Å². The molecule has 1 unspecified atom stereocenters. The van der Waals surface area contributed by atoms with Crippen LogP contribution in [0.5, 0.6) is 0 Å². The summed E-state index contributed by atoms with van der Waals surface area (Å²) in [6.07, 6.45) is 4.22. The van der Waals surface area contributed by atoms with Crippen LogP contribution in [0, 0.1) is 17.2 Å². The number of aromatic nitrogens is 4. The molecule has 3 amide bonds. The van der Waals surface area contributed by atoms with Gasteiger partial charge in [-0.15, -0.1) is 10.2 Å². The standard InChI is InChI=1S/C34H41N9O3/c1-4-25(38-19-30(44)43-26(18-35)15-24-16-29(24)43)17-34(33-39-41-42-40-33)27-11-9-22(31(45)36-5-2)13-20(27)7-8-21-14-23(10-12-28(21)34)32(46)37-6-3/h9-14,24-26,29,38H,4-8,15-17,19H2,1-3H3,(H,36,45)(H,37,46)(H,39,40,41,42)/t24-,25-,26?,29+/m1/s1. The SMILES string of the molecule is CCNC(=O)c1ccc2c(c1)CCc1cc(C(=O)NCC)ccc1C2(C[C@@H](CC)NCC(=O)N1C(C#N)C[C@@H]2C[C@@H]21)c1nn[nH]n1. The molecular formula is C34H41N9O3. The van der Waals surface area contributed by atoms with Gasteiger partial charge in [-0.05, 0) is 105 Å². The molecule has 4 N–H and O–H groups in total. The van der Waals surface area contributed by atoms with Crippen LogP contribution in [0.4, 0.5) is 0 Å². The third-order valence-electron chi connectivity index (χ3n) is 9.85. The van der Waals surface area contributed by atoms with E-state index < -0.39 is 5.41 Å². The van der Waals surface area contributed by atoms with Gasteiger partial charge in [0.15, 0.2) is 5.82 Å². The first-order chi connectivity index (χ1) is 22.3. The second-order valence-electron chi connectivity index (χ2n) is 12.5. The summed E-state index contributed by atoms with van der Waals surface area (Å²) in [6, 6.07) is 13.6. The monoisotopic (exact) mass is 623 g/mol. The number of benzene rings is 2. The van der Waals surface area contributed by atoms with Crippen LogP contribution in [-0.4, -0.2) is 81.0 Å². The molecule has 240 valence electrons.